The second kappa shape index (κ2) is 22.2. The monoisotopic (exact) mass is 890 g/mol. The van der Waals surface area contributed by atoms with Crippen molar-refractivity contribution in [2.24, 2.45) is 0 Å². The van der Waals surface area contributed by atoms with Gasteiger partial charge in [-0.3, -0.25) is 14.6 Å². The number of alkyl halides is 1. The van der Waals surface area contributed by atoms with Crippen molar-refractivity contribution in [3.8, 4) is 0 Å². The summed E-state index contributed by atoms with van der Waals surface area (Å²) in [6, 6.07) is 28.8. The second-order valence-corrected chi connectivity index (χ2v) is 15.2. The molecule has 8 rings (SSSR count). The number of halogens is 5. The summed E-state index contributed by atoms with van der Waals surface area (Å²) in [6.07, 6.45) is 0. The fourth-order valence-corrected chi connectivity index (χ4v) is 7.28. The van der Waals surface area contributed by atoms with Gasteiger partial charge < -0.3 is 39.6 Å². The Balaban J connectivity index is 0.000000178. The van der Waals surface area contributed by atoms with Gasteiger partial charge in [0.15, 0.2) is 5.58 Å². The predicted octanol–water partition coefficient (Wildman–Crippen LogP) is 6.93. The number of piperazine rings is 3. The topological polar surface area (TPSA) is 120 Å². The van der Waals surface area contributed by atoms with Crippen LogP contribution in [0, 0.1) is 0 Å². The number of oxazole rings is 1. The van der Waals surface area contributed by atoms with Gasteiger partial charge >= 0.3 is 5.76 Å². The van der Waals surface area contributed by atoms with Gasteiger partial charge in [-0.2, -0.15) is 0 Å². The standard InChI is InChI=1S/C19H19ClN4O3.C12H14Cl2N2O.C10H13ClN2.ClH/c20-13-1-4-15(5-2-13)23-7-9-24(10-8-23)18(25)12-21-14-3-6-16-17(11-14)27-19(26)22-16;13-9-12(17)16-7-5-15(6-8-16)11-3-1-10(14)2-4-11;11-9-1-3-10(4-2-9)13-7-5-12-6-8-13;/h1-6,11,21H,7-10,12H2,(H,22,26);1-4H,5-9H2;1-4,12H,5-8H2;1H. The lowest BCUT2D eigenvalue weighted by Gasteiger charge is -2.36. The van der Waals surface area contributed by atoms with E-state index in [9.17, 15) is 14.4 Å². The smallest absolute Gasteiger partial charge is 0.408 e. The van der Waals surface area contributed by atoms with E-state index >= 15 is 0 Å². The van der Waals surface area contributed by atoms with Crippen LogP contribution in [-0.2, 0) is 9.59 Å². The minimum absolute atomic E-state index is 0. The van der Waals surface area contributed by atoms with Gasteiger partial charge in [-0.15, -0.1) is 24.0 Å². The maximum Gasteiger partial charge on any atom is 0.417 e. The Labute approximate surface area is 364 Å². The number of fused-ring (bicyclic) bond motifs is 1. The first-order valence-electron chi connectivity index (χ1n) is 18.9. The van der Waals surface area contributed by atoms with E-state index in [0.29, 0.717) is 24.2 Å². The zero-order chi connectivity index (χ0) is 40.1. The summed E-state index contributed by atoms with van der Waals surface area (Å²) in [5.41, 5.74) is 5.37. The number of benzene rings is 4. The first-order valence-corrected chi connectivity index (χ1v) is 20.5. The van der Waals surface area contributed by atoms with E-state index in [1.165, 1.54) is 5.69 Å². The second-order valence-electron chi connectivity index (χ2n) is 13.6. The van der Waals surface area contributed by atoms with E-state index in [1.807, 2.05) is 65.6 Å². The van der Waals surface area contributed by atoms with E-state index in [-0.39, 0.29) is 36.6 Å². The molecule has 0 spiro atoms. The Morgan fingerprint density at radius 3 is 1.48 bits per heavy atom. The van der Waals surface area contributed by atoms with Crippen molar-refractivity contribution in [3.05, 3.63) is 117 Å². The number of carbonyl (C=O) groups is 2. The molecule has 1 aromatic heterocycles. The van der Waals surface area contributed by atoms with Crippen LogP contribution in [0.4, 0.5) is 22.7 Å². The number of amides is 2. The maximum atomic E-state index is 12.5. The van der Waals surface area contributed by atoms with Crippen LogP contribution in [0.25, 0.3) is 11.1 Å². The van der Waals surface area contributed by atoms with Crippen molar-refractivity contribution >= 4 is 104 Å². The van der Waals surface area contributed by atoms with E-state index in [2.05, 4.69) is 42.5 Å². The highest BCUT2D eigenvalue weighted by atomic mass is 35.5. The molecule has 0 saturated carbocycles. The molecule has 310 valence electrons. The largest absolute Gasteiger partial charge is 0.417 e. The lowest BCUT2D eigenvalue weighted by atomic mass is 10.2. The quantitative estimate of drug-likeness (QED) is 0.150. The Hall–Kier alpha value is -4.30. The summed E-state index contributed by atoms with van der Waals surface area (Å²) in [6.45, 7) is 10.6. The molecule has 3 fully saturated rings. The highest BCUT2D eigenvalue weighted by Crippen LogP contribution is 2.22. The third-order valence-electron chi connectivity index (χ3n) is 9.94. The molecule has 0 bridgehead atoms. The number of anilines is 4. The van der Waals surface area contributed by atoms with Crippen molar-refractivity contribution in [2.45, 2.75) is 0 Å². The average Bonchev–Trinajstić information content (AvgIpc) is 3.63. The van der Waals surface area contributed by atoms with Crippen LogP contribution in [-0.4, -0.2) is 118 Å². The highest BCUT2D eigenvalue weighted by molar-refractivity contribution is 6.31. The van der Waals surface area contributed by atoms with Gasteiger partial charge in [0.1, 0.15) is 5.88 Å². The summed E-state index contributed by atoms with van der Waals surface area (Å²) in [5.74, 6) is -0.360. The molecule has 3 aliphatic heterocycles. The maximum absolute atomic E-state index is 12.5. The van der Waals surface area contributed by atoms with Crippen LogP contribution < -0.4 is 31.1 Å². The van der Waals surface area contributed by atoms with Gasteiger partial charge in [0.2, 0.25) is 11.8 Å². The van der Waals surface area contributed by atoms with Crippen molar-refractivity contribution in [2.75, 3.05) is 111 Å². The lowest BCUT2D eigenvalue weighted by molar-refractivity contribution is -0.130. The minimum atomic E-state index is -0.489. The minimum Gasteiger partial charge on any atom is -0.408 e. The van der Waals surface area contributed by atoms with Crippen molar-refractivity contribution in [1.29, 1.82) is 0 Å². The van der Waals surface area contributed by atoms with Crippen LogP contribution in [0.5, 0.6) is 0 Å². The molecule has 17 heteroatoms. The number of nitrogens with zero attached hydrogens (tertiary/aromatic N) is 5. The molecule has 0 atom stereocenters. The molecule has 0 radical (unpaired) electrons. The number of carbonyl (C=O) groups excluding carboxylic acids is 2. The van der Waals surface area contributed by atoms with Crippen molar-refractivity contribution in [1.82, 2.24) is 20.1 Å². The van der Waals surface area contributed by atoms with Gasteiger partial charge in [-0.25, -0.2) is 4.79 Å². The fraction of sp³-hybridized carbons (Fsp3) is 0.341. The Kier molecular flexibility index (Phi) is 17.1. The van der Waals surface area contributed by atoms with E-state index in [4.69, 9.17) is 50.8 Å². The zero-order valence-corrected chi connectivity index (χ0v) is 35.7. The molecule has 3 saturated heterocycles. The van der Waals surface area contributed by atoms with Gasteiger partial charge in [0.05, 0.1) is 12.1 Å². The molecule has 12 nitrogen and oxygen atoms in total. The Morgan fingerprint density at radius 2 is 1.03 bits per heavy atom. The summed E-state index contributed by atoms with van der Waals surface area (Å²) < 4.78 is 5.03. The van der Waals surface area contributed by atoms with Gasteiger partial charge in [-0.05, 0) is 84.9 Å². The molecule has 2 amide bonds. The molecule has 4 aromatic carbocycles. The molecule has 4 heterocycles. The van der Waals surface area contributed by atoms with E-state index in [0.717, 1.165) is 97.6 Å². The summed E-state index contributed by atoms with van der Waals surface area (Å²) >= 11 is 23.1. The third kappa shape index (κ3) is 12.8. The number of aromatic amines is 1. The summed E-state index contributed by atoms with van der Waals surface area (Å²) in [4.78, 5) is 48.2. The summed E-state index contributed by atoms with van der Waals surface area (Å²) in [7, 11) is 0. The highest BCUT2D eigenvalue weighted by Gasteiger charge is 2.22. The number of rotatable bonds is 7. The molecule has 58 heavy (non-hydrogen) atoms. The Bertz CT molecular complexity index is 2100. The van der Waals surface area contributed by atoms with Crippen LogP contribution in [0.2, 0.25) is 15.1 Å². The summed E-state index contributed by atoms with van der Waals surface area (Å²) in [5, 5.41) is 8.69. The van der Waals surface area contributed by atoms with Crippen LogP contribution in [0.3, 0.4) is 0 Å². The first kappa shape index (κ1) is 44.8. The molecule has 0 unspecified atom stereocenters. The molecular weight excluding hydrogens is 846 g/mol. The number of aromatic nitrogens is 1. The van der Waals surface area contributed by atoms with Gasteiger partial charge in [0, 0.05) is 122 Å². The molecule has 5 aromatic rings. The molecule has 3 aliphatic rings. The zero-order valence-electron chi connectivity index (χ0n) is 31.8. The number of H-pyrrole nitrogens is 1. The Morgan fingerprint density at radius 1 is 0.603 bits per heavy atom. The van der Waals surface area contributed by atoms with Crippen LogP contribution in [0.15, 0.2) is 100 Å². The van der Waals surface area contributed by atoms with E-state index in [1.54, 1.807) is 23.1 Å². The van der Waals surface area contributed by atoms with Crippen molar-refractivity contribution in [3.63, 3.8) is 0 Å². The third-order valence-corrected chi connectivity index (χ3v) is 10.9. The molecule has 3 N–H and O–H groups in total. The average molecular weight is 893 g/mol. The van der Waals surface area contributed by atoms with Crippen LogP contribution in [0.1, 0.15) is 0 Å². The lowest BCUT2D eigenvalue weighted by Crippen LogP contribution is -2.50. The SMILES string of the molecule is Cl.Clc1ccc(N2CCNCC2)cc1.O=C(CCl)N1CCN(c2ccc(Cl)cc2)CC1.O=C(CNc1ccc2[nH]c(=O)oc2c1)N1CCN(c2ccc(Cl)cc2)CC1. The predicted molar refractivity (Wildman–Crippen MR) is 240 cm³/mol. The fourth-order valence-electron chi connectivity index (χ4n) is 6.74. The number of hydrogen-bond acceptors (Lipinski definition) is 9. The number of hydrogen-bond donors (Lipinski definition) is 3. The van der Waals surface area contributed by atoms with Crippen LogP contribution >= 0.6 is 58.8 Å². The van der Waals surface area contributed by atoms with Crippen molar-refractivity contribution < 1.29 is 14.0 Å². The normalized spacial score (nSPS) is 15.4. The molecule has 0 aliphatic carbocycles. The van der Waals surface area contributed by atoms with Gasteiger partial charge in [-0.1, -0.05) is 34.8 Å². The van der Waals surface area contributed by atoms with Gasteiger partial charge in [0.25, 0.3) is 0 Å². The van der Waals surface area contributed by atoms with E-state index < -0.39 is 5.76 Å². The first-order chi connectivity index (χ1) is 27.6. The molecular formula is C41H47Cl5N8O4. The number of nitrogens with one attached hydrogen (secondary N) is 3.